The lowest BCUT2D eigenvalue weighted by Crippen LogP contribution is -2.14. The molecule has 4 nitrogen and oxygen atoms in total. The predicted octanol–water partition coefficient (Wildman–Crippen LogP) is 4.72. The van der Waals surface area contributed by atoms with Gasteiger partial charge in [-0.15, -0.1) is 11.3 Å². The Labute approximate surface area is 136 Å². The van der Waals surface area contributed by atoms with Crippen LogP contribution < -0.4 is 5.32 Å². The lowest BCUT2D eigenvalue weighted by atomic mass is 10.1. The van der Waals surface area contributed by atoms with Crippen molar-refractivity contribution in [2.45, 2.75) is 6.92 Å². The van der Waals surface area contributed by atoms with E-state index in [1.54, 1.807) is 25.1 Å². The Balaban J connectivity index is 2.31. The average Bonchev–Trinajstić information content (AvgIpc) is 2.77. The van der Waals surface area contributed by atoms with Crippen molar-refractivity contribution in [3.63, 3.8) is 0 Å². The molecule has 0 aliphatic carbocycles. The van der Waals surface area contributed by atoms with E-state index in [1.807, 2.05) is 12.1 Å². The van der Waals surface area contributed by atoms with Gasteiger partial charge in [-0.2, -0.15) is 0 Å². The minimum Gasteiger partial charge on any atom is -0.411 e. The number of hydrogen-bond acceptors (Lipinski definition) is 4. The Kier molecular flexibility index (Phi) is 4.95. The van der Waals surface area contributed by atoms with Crippen molar-refractivity contribution >= 4 is 60.5 Å². The molecule has 0 spiro atoms. The number of oxime groups is 1. The molecule has 2 N–H and O–H groups in total. The highest BCUT2D eigenvalue weighted by Crippen LogP contribution is 2.32. The molecule has 20 heavy (non-hydrogen) atoms. The summed E-state index contributed by atoms with van der Waals surface area (Å²) in [4.78, 5) is 12.3. The van der Waals surface area contributed by atoms with Crippen LogP contribution in [0.4, 0.5) is 5.69 Å². The standard InChI is InChI=1S/C13H10Br2N2O2S/c1-7(17-19)8-4-2-3-5-10(8)16-13(18)9-6-11(14)20-12(9)15/h2-6,19H,1H3,(H,16,18)/b17-7-. The summed E-state index contributed by atoms with van der Waals surface area (Å²) in [5.41, 5.74) is 2.26. The van der Waals surface area contributed by atoms with Crippen molar-refractivity contribution in [2.24, 2.45) is 5.16 Å². The number of hydrogen-bond donors (Lipinski definition) is 2. The summed E-state index contributed by atoms with van der Waals surface area (Å²) in [6.45, 7) is 1.67. The Morgan fingerprint density at radius 3 is 2.60 bits per heavy atom. The molecule has 1 aromatic carbocycles. The zero-order valence-corrected chi connectivity index (χ0v) is 14.3. The normalized spacial score (nSPS) is 11.4. The summed E-state index contributed by atoms with van der Waals surface area (Å²) in [6, 6.07) is 8.92. The molecule has 7 heteroatoms. The Morgan fingerprint density at radius 1 is 1.30 bits per heavy atom. The van der Waals surface area contributed by atoms with Crippen molar-refractivity contribution < 1.29 is 10.0 Å². The molecule has 1 amide bonds. The lowest BCUT2D eigenvalue weighted by Gasteiger charge is -2.09. The molecule has 0 saturated carbocycles. The van der Waals surface area contributed by atoms with Gasteiger partial charge in [-0.25, -0.2) is 0 Å². The van der Waals surface area contributed by atoms with Gasteiger partial charge in [0, 0.05) is 5.56 Å². The molecule has 1 heterocycles. The number of benzene rings is 1. The molecule has 1 aromatic heterocycles. The molecule has 0 atom stereocenters. The van der Waals surface area contributed by atoms with Gasteiger partial charge in [-0.05, 0) is 50.9 Å². The molecule has 0 bridgehead atoms. The van der Waals surface area contributed by atoms with Crippen LogP contribution in [0.3, 0.4) is 0 Å². The van der Waals surface area contributed by atoms with Gasteiger partial charge in [0.2, 0.25) is 0 Å². The van der Waals surface area contributed by atoms with E-state index in [9.17, 15) is 4.79 Å². The first-order valence-corrected chi connectivity index (χ1v) is 7.97. The van der Waals surface area contributed by atoms with Gasteiger partial charge < -0.3 is 10.5 Å². The molecule has 0 unspecified atom stereocenters. The van der Waals surface area contributed by atoms with Crippen molar-refractivity contribution in [1.82, 2.24) is 0 Å². The number of nitrogens with zero attached hydrogens (tertiary/aromatic N) is 1. The molecule has 0 radical (unpaired) electrons. The molecule has 0 fully saturated rings. The number of amides is 1. The number of para-hydroxylation sites is 1. The topological polar surface area (TPSA) is 61.7 Å². The zero-order valence-electron chi connectivity index (χ0n) is 10.4. The molecule has 2 rings (SSSR count). The maximum absolute atomic E-state index is 12.3. The number of rotatable bonds is 3. The third kappa shape index (κ3) is 3.28. The van der Waals surface area contributed by atoms with Crippen LogP contribution in [0.5, 0.6) is 0 Å². The summed E-state index contributed by atoms with van der Waals surface area (Å²) in [5, 5.41) is 14.9. The van der Waals surface area contributed by atoms with E-state index in [1.165, 1.54) is 11.3 Å². The molecular formula is C13H10Br2N2O2S. The van der Waals surface area contributed by atoms with Crippen LogP contribution in [-0.4, -0.2) is 16.8 Å². The summed E-state index contributed by atoms with van der Waals surface area (Å²) >= 11 is 8.13. The second-order valence-electron chi connectivity index (χ2n) is 3.92. The smallest absolute Gasteiger partial charge is 0.257 e. The van der Waals surface area contributed by atoms with E-state index < -0.39 is 0 Å². The van der Waals surface area contributed by atoms with Gasteiger partial charge in [-0.3, -0.25) is 4.79 Å². The van der Waals surface area contributed by atoms with Gasteiger partial charge in [0.1, 0.15) is 0 Å². The number of carbonyl (C=O) groups excluding carboxylic acids is 1. The third-order valence-corrected chi connectivity index (χ3v) is 4.96. The van der Waals surface area contributed by atoms with Crippen molar-refractivity contribution in [3.8, 4) is 0 Å². The van der Waals surface area contributed by atoms with E-state index >= 15 is 0 Å². The van der Waals surface area contributed by atoms with Gasteiger partial charge in [-0.1, -0.05) is 23.4 Å². The fourth-order valence-corrected chi connectivity index (χ4v) is 4.44. The highest BCUT2D eigenvalue weighted by atomic mass is 79.9. The van der Waals surface area contributed by atoms with Crippen LogP contribution >= 0.6 is 43.2 Å². The second-order valence-corrected chi connectivity index (χ2v) is 7.67. The zero-order chi connectivity index (χ0) is 14.7. The van der Waals surface area contributed by atoms with Crippen LogP contribution in [0.15, 0.2) is 43.1 Å². The second kappa shape index (κ2) is 6.51. The Morgan fingerprint density at radius 2 is 2.00 bits per heavy atom. The Hall–Kier alpha value is -1.18. The molecule has 2 aromatic rings. The van der Waals surface area contributed by atoms with Crippen molar-refractivity contribution in [2.75, 3.05) is 5.32 Å². The van der Waals surface area contributed by atoms with Crippen LogP contribution in [-0.2, 0) is 0 Å². The van der Waals surface area contributed by atoms with Crippen LogP contribution in [0.1, 0.15) is 22.8 Å². The fourth-order valence-electron chi connectivity index (χ4n) is 1.65. The van der Waals surface area contributed by atoms with Gasteiger partial charge in [0.25, 0.3) is 5.91 Å². The van der Waals surface area contributed by atoms with E-state index in [0.29, 0.717) is 22.5 Å². The highest BCUT2D eigenvalue weighted by molar-refractivity contribution is 9.12. The number of carbonyl (C=O) groups is 1. The average molecular weight is 418 g/mol. The maximum Gasteiger partial charge on any atom is 0.257 e. The highest BCUT2D eigenvalue weighted by Gasteiger charge is 2.15. The minimum absolute atomic E-state index is 0.225. The Bertz CT molecular complexity index is 683. The molecule has 0 aliphatic heterocycles. The van der Waals surface area contributed by atoms with E-state index in [2.05, 4.69) is 42.3 Å². The predicted molar refractivity (Wildman–Crippen MR) is 88.1 cm³/mol. The first-order chi connectivity index (χ1) is 9.52. The maximum atomic E-state index is 12.3. The first kappa shape index (κ1) is 15.2. The van der Waals surface area contributed by atoms with Crippen LogP contribution in [0.25, 0.3) is 0 Å². The molecular weight excluding hydrogens is 408 g/mol. The van der Waals surface area contributed by atoms with Gasteiger partial charge in [0.15, 0.2) is 0 Å². The third-order valence-electron chi connectivity index (χ3n) is 2.62. The quantitative estimate of drug-likeness (QED) is 0.431. The monoisotopic (exact) mass is 416 g/mol. The number of thiophene rings is 1. The minimum atomic E-state index is -0.225. The van der Waals surface area contributed by atoms with Crippen LogP contribution in [0, 0.1) is 0 Å². The van der Waals surface area contributed by atoms with Gasteiger partial charge >= 0.3 is 0 Å². The summed E-state index contributed by atoms with van der Waals surface area (Å²) in [5.74, 6) is -0.225. The SMILES string of the molecule is C/C(=N/O)c1ccccc1NC(=O)c1cc(Br)sc1Br. The van der Waals surface area contributed by atoms with Crippen molar-refractivity contribution in [1.29, 1.82) is 0 Å². The van der Waals surface area contributed by atoms with Gasteiger partial charge in [0.05, 0.1) is 24.5 Å². The van der Waals surface area contributed by atoms with E-state index in [0.717, 1.165) is 7.57 Å². The fraction of sp³-hybridized carbons (Fsp3) is 0.0769. The largest absolute Gasteiger partial charge is 0.411 e. The van der Waals surface area contributed by atoms with E-state index in [-0.39, 0.29) is 5.91 Å². The number of halogens is 2. The molecule has 104 valence electrons. The van der Waals surface area contributed by atoms with E-state index in [4.69, 9.17) is 5.21 Å². The van der Waals surface area contributed by atoms with Crippen molar-refractivity contribution in [3.05, 3.63) is 49.0 Å². The number of nitrogens with one attached hydrogen (secondary N) is 1. The summed E-state index contributed by atoms with van der Waals surface area (Å²) < 4.78 is 1.63. The van der Waals surface area contributed by atoms with Crippen LogP contribution in [0.2, 0.25) is 0 Å². The molecule has 0 aliphatic rings. The lowest BCUT2D eigenvalue weighted by molar-refractivity contribution is 0.102. The summed E-state index contributed by atoms with van der Waals surface area (Å²) in [6.07, 6.45) is 0. The first-order valence-electron chi connectivity index (χ1n) is 5.57. The number of anilines is 1. The summed E-state index contributed by atoms with van der Waals surface area (Å²) in [7, 11) is 0. The molecule has 0 saturated heterocycles.